The maximum Gasteiger partial charge on any atom is 0.233 e. The van der Waals surface area contributed by atoms with Crippen molar-refractivity contribution in [3.8, 4) is 11.4 Å². The number of amides is 1. The Labute approximate surface area is 143 Å². The van der Waals surface area contributed by atoms with E-state index in [2.05, 4.69) is 15.1 Å². The number of halogens is 1. The molecule has 1 saturated heterocycles. The molecular weight excluding hydrogens is 323 g/mol. The average Bonchev–Trinajstić information content (AvgIpc) is 3.23. The third kappa shape index (κ3) is 2.77. The third-order valence-electron chi connectivity index (χ3n) is 4.50. The molecule has 3 aromatic rings. The molecule has 3 heterocycles. The predicted molar refractivity (Wildman–Crippen MR) is 86.8 cm³/mol. The number of hydrogen-bond acceptors (Lipinski definition) is 5. The summed E-state index contributed by atoms with van der Waals surface area (Å²) in [7, 11) is 1.73. The van der Waals surface area contributed by atoms with E-state index in [0.717, 1.165) is 11.1 Å². The van der Waals surface area contributed by atoms with Gasteiger partial charge in [-0.3, -0.25) is 9.78 Å². The Hall–Kier alpha value is -3.09. The molecular formula is C18H15FN4O2. The minimum atomic E-state index is -0.315. The van der Waals surface area contributed by atoms with Crippen LogP contribution >= 0.6 is 0 Å². The fourth-order valence-corrected chi connectivity index (χ4v) is 3.21. The molecule has 0 bridgehead atoms. The molecule has 126 valence electrons. The van der Waals surface area contributed by atoms with Crippen molar-refractivity contribution in [3.63, 3.8) is 0 Å². The number of rotatable bonds is 3. The molecule has 0 saturated carbocycles. The molecule has 0 unspecified atom stereocenters. The van der Waals surface area contributed by atoms with Crippen LogP contribution in [0.15, 0.2) is 53.3 Å². The van der Waals surface area contributed by atoms with Gasteiger partial charge in [0.05, 0.1) is 12.0 Å². The van der Waals surface area contributed by atoms with Gasteiger partial charge >= 0.3 is 0 Å². The molecule has 2 aromatic heterocycles. The third-order valence-corrected chi connectivity index (χ3v) is 4.50. The number of pyridine rings is 1. The Morgan fingerprint density at radius 2 is 1.88 bits per heavy atom. The second-order valence-corrected chi connectivity index (χ2v) is 6.00. The van der Waals surface area contributed by atoms with E-state index in [4.69, 9.17) is 4.52 Å². The SMILES string of the molecule is CN1C(=O)C[C@H](c2nc(-c3ccncc3)no2)[C@@H]1c1ccc(F)cc1. The molecule has 1 aliphatic heterocycles. The number of carbonyl (C=O) groups excluding carboxylic acids is 1. The van der Waals surface area contributed by atoms with Gasteiger partial charge in [-0.2, -0.15) is 4.98 Å². The highest BCUT2D eigenvalue weighted by atomic mass is 19.1. The Morgan fingerprint density at radius 3 is 2.60 bits per heavy atom. The van der Waals surface area contributed by atoms with E-state index in [1.54, 1.807) is 48.6 Å². The number of hydrogen-bond donors (Lipinski definition) is 0. The molecule has 4 rings (SSSR count). The van der Waals surface area contributed by atoms with Gasteiger partial charge in [0.1, 0.15) is 5.82 Å². The van der Waals surface area contributed by atoms with Crippen LogP contribution in [0.2, 0.25) is 0 Å². The van der Waals surface area contributed by atoms with Gasteiger partial charge in [-0.15, -0.1) is 0 Å². The Morgan fingerprint density at radius 1 is 1.16 bits per heavy atom. The number of likely N-dealkylation sites (N-methyl/N-ethyl adjacent to an activating group) is 1. The van der Waals surface area contributed by atoms with Crippen molar-refractivity contribution in [2.24, 2.45) is 0 Å². The minimum absolute atomic E-state index is 0.0111. The zero-order valence-electron chi connectivity index (χ0n) is 13.5. The lowest BCUT2D eigenvalue weighted by Gasteiger charge is -2.23. The molecule has 0 spiro atoms. The van der Waals surface area contributed by atoms with Crippen LogP contribution in [0, 0.1) is 5.82 Å². The Bertz CT molecular complexity index is 895. The second-order valence-electron chi connectivity index (χ2n) is 6.00. The first-order valence-electron chi connectivity index (χ1n) is 7.88. The number of aromatic nitrogens is 3. The highest BCUT2D eigenvalue weighted by Gasteiger charge is 2.42. The van der Waals surface area contributed by atoms with Gasteiger partial charge in [0.15, 0.2) is 0 Å². The van der Waals surface area contributed by atoms with Gasteiger partial charge in [0.25, 0.3) is 0 Å². The van der Waals surface area contributed by atoms with Crippen LogP contribution in [-0.2, 0) is 4.79 Å². The lowest BCUT2D eigenvalue weighted by Crippen LogP contribution is -2.24. The standard InChI is InChI=1S/C18H15FN4O2/c1-23-15(24)10-14(16(23)11-2-4-13(19)5-3-11)18-21-17(22-25-18)12-6-8-20-9-7-12/h2-9,14,16H,10H2,1H3/t14-,16-/m0/s1. The molecule has 1 aliphatic rings. The predicted octanol–water partition coefficient (Wildman–Crippen LogP) is 2.96. The van der Waals surface area contributed by atoms with E-state index in [0.29, 0.717) is 11.7 Å². The van der Waals surface area contributed by atoms with Crippen molar-refractivity contribution in [1.82, 2.24) is 20.0 Å². The van der Waals surface area contributed by atoms with Gasteiger partial charge in [-0.1, -0.05) is 17.3 Å². The largest absolute Gasteiger partial charge is 0.339 e. The van der Waals surface area contributed by atoms with Gasteiger partial charge in [0.2, 0.25) is 17.6 Å². The molecule has 2 atom stereocenters. The monoisotopic (exact) mass is 338 g/mol. The van der Waals surface area contributed by atoms with E-state index < -0.39 is 0 Å². The molecule has 25 heavy (non-hydrogen) atoms. The van der Waals surface area contributed by atoms with Crippen molar-refractivity contribution in [1.29, 1.82) is 0 Å². The summed E-state index contributed by atoms with van der Waals surface area (Å²) < 4.78 is 18.7. The summed E-state index contributed by atoms with van der Waals surface area (Å²) >= 11 is 0. The van der Waals surface area contributed by atoms with E-state index in [1.165, 1.54) is 12.1 Å². The van der Waals surface area contributed by atoms with E-state index in [1.807, 2.05) is 0 Å². The summed E-state index contributed by atoms with van der Waals surface area (Å²) in [6, 6.07) is 9.46. The van der Waals surface area contributed by atoms with Crippen molar-refractivity contribution in [2.75, 3.05) is 7.05 Å². The number of carbonyl (C=O) groups is 1. The zero-order chi connectivity index (χ0) is 17.4. The summed E-state index contributed by atoms with van der Waals surface area (Å²) in [5, 5.41) is 4.02. The molecule has 1 amide bonds. The fourth-order valence-electron chi connectivity index (χ4n) is 3.21. The molecule has 0 radical (unpaired) electrons. The van der Waals surface area contributed by atoms with E-state index in [-0.39, 0.29) is 30.1 Å². The van der Waals surface area contributed by atoms with Gasteiger partial charge in [0, 0.05) is 31.4 Å². The highest BCUT2D eigenvalue weighted by Crippen LogP contribution is 2.43. The van der Waals surface area contributed by atoms with Crippen LogP contribution in [-0.4, -0.2) is 33.0 Å². The highest BCUT2D eigenvalue weighted by molar-refractivity contribution is 5.80. The van der Waals surface area contributed by atoms with Crippen LogP contribution in [0.3, 0.4) is 0 Å². The van der Waals surface area contributed by atoms with Gasteiger partial charge in [-0.05, 0) is 29.8 Å². The summed E-state index contributed by atoms with van der Waals surface area (Å²) in [5.41, 5.74) is 1.63. The first-order valence-corrected chi connectivity index (χ1v) is 7.88. The van der Waals surface area contributed by atoms with Crippen molar-refractivity contribution < 1.29 is 13.7 Å². The number of benzene rings is 1. The second kappa shape index (κ2) is 6.08. The summed E-state index contributed by atoms with van der Waals surface area (Å²) in [6.45, 7) is 0. The molecule has 7 heteroatoms. The fraction of sp³-hybridized carbons (Fsp3) is 0.222. The summed E-state index contributed by atoms with van der Waals surface area (Å²) in [5.74, 6) is 0.259. The van der Waals surface area contributed by atoms with E-state index in [9.17, 15) is 9.18 Å². The van der Waals surface area contributed by atoms with Crippen molar-refractivity contribution >= 4 is 5.91 Å². The maximum absolute atomic E-state index is 13.2. The Balaban J connectivity index is 1.69. The van der Waals surface area contributed by atoms with Crippen LogP contribution in [0.1, 0.15) is 29.8 Å². The number of nitrogens with zero attached hydrogens (tertiary/aromatic N) is 4. The van der Waals surface area contributed by atoms with Crippen LogP contribution in [0.5, 0.6) is 0 Å². The van der Waals surface area contributed by atoms with Gasteiger partial charge < -0.3 is 9.42 Å². The number of likely N-dealkylation sites (tertiary alicyclic amines) is 1. The summed E-state index contributed by atoms with van der Waals surface area (Å²) in [6.07, 6.45) is 3.58. The lowest BCUT2D eigenvalue weighted by atomic mass is 9.93. The molecule has 0 N–H and O–H groups in total. The van der Waals surface area contributed by atoms with Crippen LogP contribution in [0.4, 0.5) is 4.39 Å². The van der Waals surface area contributed by atoms with E-state index >= 15 is 0 Å². The van der Waals surface area contributed by atoms with Crippen molar-refractivity contribution in [3.05, 3.63) is 66.1 Å². The quantitative estimate of drug-likeness (QED) is 0.734. The average molecular weight is 338 g/mol. The summed E-state index contributed by atoms with van der Waals surface area (Å²) in [4.78, 5) is 22.3. The normalized spacial score (nSPS) is 20.2. The topological polar surface area (TPSA) is 72.1 Å². The smallest absolute Gasteiger partial charge is 0.233 e. The van der Waals surface area contributed by atoms with Gasteiger partial charge in [-0.25, -0.2) is 4.39 Å². The minimum Gasteiger partial charge on any atom is -0.339 e. The molecule has 0 aliphatic carbocycles. The molecule has 1 aromatic carbocycles. The Kier molecular flexibility index (Phi) is 3.76. The van der Waals surface area contributed by atoms with Crippen LogP contribution in [0.25, 0.3) is 11.4 Å². The van der Waals surface area contributed by atoms with Crippen molar-refractivity contribution in [2.45, 2.75) is 18.4 Å². The lowest BCUT2D eigenvalue weighted by molar-refractivity contribution is -0.127. The maximum atomic E-state index is 13.2. The van der Waals surface area contributed by atoms with Crippen LogP contribution < -0.4 is 0 Å². The molecule has 6 nitrogen and oxygen atoms in total. The first kappa shape index (κ1) is 15.4. The first-order chi connectivity index (χ1) is 12.1. The molecule has 1 fully saturated rings. The zero-order valence-corrected chi connectivity index (χ0v) is 13.5.